The van der Waals surface area contributed by atoms with Crippen molar-refractivity contribution in [1.82, 2.24) is 15.0 Å². The third-order valence-electron chi connectivity index (χ3n) is 3.15. The van der Waals surface area contributed by atoms with Crippen LogP contribution in [0.15, 0.2) is 53.9 Å². The number of hydrazone groups is 1. The second kappa shape index (κ2) is 5.66. The van der Waals surface area contributed by atoms with Gasteiger partial charge in [-0.15, -0.1) is 0 Å². The molecule has 0 aliphatic carbocycles. The minimum Gasteiger partial charge on any atom is -0.264 e. The molecule has 0 radical (unpaired) electrons. The van der Waals surface area contributed by atoms with Gasteiger partial charge >= 0.3 is 0 Å². The fourth-order valence-electron chi connectivity index (χ4n) is 1.97. The topological polar surface area (TPSA) is 63.1 Å². The monoisotopic (exact) mass is 277 g/mol. The van der Waals surface area contributed by atoms with Gasteiger partial charge in [0.05, 0.1) is 22.4 Å². The lowest BCUT2D eigenvalue weighted by atomic mass is 10.2. The number of pyridine rings is 1. The molecule has 0 aliphatic heterocycles. The average molecular weight is 277 g/mol. The number of nitrogens with zero attached hydrogens (tertiary/aromatic N) is 4. The molecule has 104 valence electrons. The molecule has 3 aromatic rings. The molecule has 0 saturated heterocycles. The highest BCUT2D eigenvalue weighted by Gasteiger charge is 2.04. The van der Waals surface area contributed by atoms with Crippen molar-refractivity contribution in [2.45, 2.75) is 13.8 Å². The first-order valence-corrected chi connectivity index (χ1v) is 6.68. The molecule has 3 rings (SSSR count). The summed E-state index contributed by atoms with van der Waals surface area (Å²) in [6.45, 7) is 3.84. The van der Waals surface area contributed by atoms with Gasteiger partial charge in [-0.2, -0.15) is 5.10 Å². The van der Waals surface area contributed by atoms with Gasteiger partial charge in [0.2, 0.25) is 0 Å². The van der Waals surface area contributed by atoms with E-state index in [1.165, 1.54) is 0 Å². The molecule has 2 heterocycles. The van der Waals surface area contributed by atoms with E-state index in [9.17, 15) is 0 Å². The van der Waals surface area contributed by atoms with Crippen LogP contribution in [0, 0.1) is 6.92 Å². The number of aryl methyl sites for hydroxylation is 1. The van der Waals surface area contributed by atoms with Crippen LogP contribution in [0.4, 0.5) is 5.82 Å². The maximum absolute atomic E-state index is 4.54. The number of hydrogen-bond acceptors (Lipinski definition) is 5. The van der Waals surface area contributed by atoms with Crippen LogP contribution >= 0.6 is 0 Å². The Morgan fingerprint density at radius 1 is 1.05 bits per heavy atom. The van der Waals surface area contributed by atoms with Gasteiger partial charge in [-0.3, -0.25) is 10.4 Å². The molecule has 5 heteroatoms. The van der Waals surface area contributed by atoms with Gasteiger partial charge in [0.15, 0.2) is 5.82 Å². The molecular weight excluding hydrogens is 262 g/mol. The number of fused-ring (bicyclic) bond motifs is 1. The Labute approximate surface area is 122 Å². The lowest BCUT2D eigenvalue weighted by Gasteiger charge is -2.06. The fraction of sp³-hybridized carbons (Fsp3) is 0.125. The van der Waals surface area contributed by atoms with Crippen molar-refractivity contribution in [2.75, 3.05) is 5.43 Å². The number of rotatable bonds is 3. The molecule has 0 saturated carbocycles. The molecule has 2 aromatic heterocycles. The number of aromatic nitrogens is 3. The van der Waals surface area contributed by atoms with Gasteiger partial charge in [0.25, 0.3) is 0 Å². The highest BCUT2D eigenvalue weighted by atomic mass is 15.3. The van der Waals surface area contributed by atoms with E-state index in [4.69, 9.17) is 0 Å². The summed E-state index contributed by atoms with van der Waals surface area (Å²) in [6, 6.07) is 11.6. The Morgan fingerprint density at radius 3 is 2.52 bits per heavy atom. The first kappa shape index (κ1) is 13.2. The molecular formula is C16H15N5. The lowest BCUT2D eigenvalue weighted by Crippen LogP contribution is -2.03. The summed E-state index contributed by atoms with van der Waals surface area (Å²) >= 11 is 0. The minimum atomic E-state index is 0.664. The Hall–Kier alpha value is -2.82. The molecule has 0 fully saturated rings. The van der Waals surface area contributed by atoms with Crippen LogP contribution in [0.5, 0.6) is 0 Å². The van der Waals surface area contributed by atoms with Gasteiger partial charge in [-0.05, 0) is 32.0 Å². The molecule has 5 nitrogen and oxygen atoms in total. The van der Waals surface area contributed by atoms with Crippen LogP contribution in [0.3, 0.4) is 0 Å². The van der Waals surface area contributed by atoms with Gasteiger partial charge < -0.3 is 0 Å². The molecule has 0 aliphatic rings. The smallest absolute Gasteiger partial charge is 0.168 e. The number of benzene rings is 1. The highest BCUT2D eigenvalue weighted by molar-refractivity contribution is 5.98. The van der Waals surface area contributed by atoms with Crippen LogP contribution in [0.1, 0.15) is 18.2 Å². The summed E-state index contributed by atoms with van der Waals surface area (Å²) < 4.78 is 0. The molecule has 0 unspecified atom stereocenters. The van der Waals surface area contributed by atoms with Crippen molar-refractivity contribution in [3.05, 3.63) is 60.0 Å². The van der Waals surface area contributed by atoms with Crippen molar-refractivity contribution < 1.29 is 0 Å². The van der Waals surface area contributed by atoms with Crippen LogP contribution in [0.2, 0.25) is 0 Å². The quantitative estimate of drug-likeness (QED) is 0.590. The first-order chi connectivity index (χ1) is 10.2. The first-order valence-electron chi connectivity index (χ1n) is 6.68. The van der Waals surface area contributed by atoms with Crippen LogP contribution in [0.25, 0.3) is 11.0 Å². The van der Waals surface area contributed by atoms with Crippen molar-refractivity contribution >= 4 is 22.6 Å². The third-order valence-corrected chi connectivity index (χ3v) is 3.15. The molecule has 0 amide bonds. The van der Waals surface area contributed by atoms with Crippen LogP contribution in [-0.2, 0) is 0 Å². The number of nitrogens with one attached hydrogen (secondary N) is 1. The summed E-state index contributed by atoms with van der Waals surface area (Å²) in [5.41, 5.74) is 7.35. The zero-order valence-corrected chi connectivity index (χ0v) is 11.9. The number of para-hydroxylation sites is 2. The Balaban J connectivity index is 1.90. The van der Waals surface area contributed by atoms with E-state index >= 15 is 0 Å². The largest absolute Gasteiger partial charge is 0.264 e. The Kier molecular flexibility index (Phi) is 3.55. The predicted molar refractivity (Wildman–Crippen MR) is 84.3 cm³/mol. The highest BCUT2D eigenvalue weighted by Crippen LogP contribution is 2.16. The van der Waals surface area contributed by atoms with Crippen LogP contribution < -0.4 is 5.43 Å². The maximum atomic E-state index is 4.54. The Bertz CT molecular complexity index is 796. The van der Waals surface area contributed by atoms with E-state index in [2.05, 4.69) is 25.5 Å². The van der Waals surface area contributed by atoms with E-state index in [1.54, 1.807) is 12.4 Å². The van der Waals surface area contributed by atoms with Crippen molar-refractivity contribution in [1.29, 1.82) is 0 Å². The molecule has 1 aromatic carbocycles. The standard InChI is InChI=1S/C16H15N5/c1-11(13-6-5-9-17-10-13)20-21-16-12(2)18-14-7-3-4-8-15(14)19-16/h3-10H,1-2H3,(H,19,21). The second-order valence-electron chi connectivity index (χ2n) is 4.70. The molecule has 21 heavy (non-hydrogen) atoms. The zero-order valence-electron chi connectivity index (χ0n) is 11.9. The lowest BCUT2D eigenvalue weighted by molar-refractivity contribution is 1.14. The maximum Gasteiger partial charge on any atom is 0.168 e. The van der Waals surface area contributed by atoms with Gasteiger partial charge in [0, 0.05) is 18.0 Å². The summed E-state index contributed by atoms with van der Waals surface area (Å²) in [5, 5.41) is 4.36. The fourth-order valence-corrected chi connectivity index (χ4v) is 1.97. The van der Waals surface area contributed by atoms with Gasteiger partial charge in [0.1, 0.15) is 0 Å². The second-order valence-corrected chi connectivity index (χ2v) is 4.70. The minimum absolute atomic E-state index is 0.664. The predicted octanol–water partition coefficient (Wildman–Crippen LogP) is 3.17. The van der Waals surface area contributed by atoms with Gasteiger partial charge in [-0.25, -0.2) is 9.97 Å². The van der Waals surface area contributed by atoms with E-state index in [-0.39, 0.29) is 0 Å². The van der Waals surface area contributed by atoms with E-state index in [1.807, 2.05) is 50.2 Å². The van der Waals surface area contributed by atoms with E-state index < -0.39 is 0 Å². The SMILES string of the molecule is CC(=NNc1nc2ccccc2nc1C)c1cccnc1. The summed E-state index contributed by atoms with van der Waals surface area (Å²) in [6.07, 6.45) is 3.52. The summed E-state index contributed by atoms with van der Waals surface area (Å²) in [5.74, 6) is 0.664. The molecule has 0 atom stereocenters. The normalized spacial score (nSPS) is 11.6. The zero-order chi connectivity index (χ0) is 14.7. The number of anilines is 1. The molecule has 0 spiro atoms. The van der Waals surface area contributed by atoms with Crippen LogP contribution in [-0.4, -0.2) is 20.7 Å². The van der Waals surface area contributed by atoms with Gasteiger partial charge in [-0.1, -0.05) is 18.2 Å². The Morgan fingerprint density at radius 2 is 1.81 bits per heavy atom. The van der Waals surface area contributed by atoms with Crippen molar-refractivity contribution in [3.63, 3.8) is 0 Å². The molecule has 1 N–H and O–H groups in total. The van der Waals surface area contributed by atoms with Crippen molar-refractivity contribution in [3.8, 4) is 0 Å². The van der Waals surface area contributed by atoms with E-state index in [0.29, 0.717) is 5.82 Å². The third kappa shape index (κ3) is 2.86. The summed E-state index contributed by atoms with van der Waals surface area (Å²) in [7, 11) is 0. The average Bonchev–Trinajstić information content (AvgIpc) is 2.53. The van der Waals surface area contributed by atoms with E-state index in [0.717, 1.165) is 28.0 Å². The van der Waals surface area contributed by atoms with Crippen molar-refractivity contribution in [2.24, 2.45) is 5.10 Å². The molecule has 0 bridgehead atoms. The summed E-state index contributed by atoms with van der Waals surface area (Å²) in [4.78, 5) is 13.1. The number of hydrogen-bond donors (Lipinski definition) is 1.